The molecule has 0 aliphatic rings. The van der Waals surface area contributed by atoms with E-state index in [1.165, 1.54) is 0 Å². The summed E-state index contributed by atoms with van der Waals surface area (Å²) in [5, 5.41) is 3.90. The summed E-state index contributed by atoms with van der Waals surface area (Å²) in [6.07, 6.45) is 2.16. The first kappa shape index (κ1) is 10.9. The third-order valence-electron chi connectivity index (χ3n) is 2.17. The topological polar surface area (TPSA) is 78.1 Å². The Kier molecular flexibility index (Phi) is 2.55. The van der Waals surface area contributed by atoms with Gasteiger partial charge in [0.05, 0.1) is 11.8 Å². The Hall–Kier alpha value is -1.62. The molecule has 0 amide bonds. The fourth-order valence-corrected chi connectivity index (χ4v) is 1.44. The molecule has 2 heterocycles. The standard InChI is InChI=1S/C11H15N3O2/c1-7-8(4-5-15-7)10-13-9(16-14-10)6-11(2,3)12/h4-5H,6,12H2,1-3H3. The van der Waals surface area contributed by atoms with Crippen LogP contribution >= 0.6 is 0 Å². The smallest absolute Gasteiger partial charge is 0.228 e. The molecule has 0 fully saturated rings. The molecule has 5 nitrogen and oxygen atoms in total. The molecule has 0 unspecified atom stereocenters. The highest BCUT2D eigenvalue weighted by molar-refractivity contribution is 5.56. The highest BCUT2D eigenvalue weighted by atomic mass is 16.5. The van der Waals surface area contributed by atoms with Crippen molar-refractivity contribution in [3.63, 3.8) is 0 Å². The van der Waals surface area contributed by atoms with Gasteiger partial charge < -0.3 is 14.7 Å². The molecule has 0 aliphatic heterocycles. The van der Waals surface area contributed by atoms with Crippen LogP contribution in [0.4, 0.5) is 0 Å². The average Bonchev–Trinajstić information content (AvgIpc) is 2.71. The van der Waals surface area contributed by atoms with Crippen molar-refractivity contribution in [2.45, 2.75) is 32.7 Å². The number of hydrogen-bond acceptors (Lipinski definition) is 5. The van der Waals surface area contributed by atoms with Crippen LogP contribution in [-0.4, -0.2) is 15.7 Å². The van der Waals surface area contributed by atoms with E-state index >= 15 is 0 Å². The Labute approximate surface area is 93.6 Å². The summed E-state index contributed by atoms with van der Waals surface area (Å²) in [5.41, 5.74) is 6.38. The zero-order chi connectivity index (χ0) is 11.8. The fourth-order valence-electron chi connectivity index (χ4n) is 1.44. The predicted octanol–water partition coefficient (Wildman–Crippen LogP) is 1.92. The zero-order valence-corrected chi connectivity index (χ0v) is 9.65. The molecular formula is C11H15N3O2. The van der Waals surface area contributed by atoms with E-state index in [1.54, 1.807) is 6.26 Å². The van der Waals surface area contributed by atoms with E-state index in [2.05, 4.69) is 10.1 Å². The summed E-state index contributed by atoms with van der Waals surface area (Å²) < 4.78 is 10.3. The third-order valence-corrected chi connectivity index (χ3v) is 2.17. The van der Waals surface area contributed by atoms with Gasteiger partial charge in [-0.05, 0) is 26.8 Å². The van der Waals surface area contributed by atoms with Gasteiger partial charge in [-0.2, -0.15) is 4.98 Å². The van der Waals surface area contributed by atoms with E-state index in [0.29, 0.717) is 18.1 Å². The number of nitrogens with two attached hydrogens (primary N) is 1. The highest BCUT2D eigenvalue weighted by Gasteiger charge is 2.18. The lowest BCUT2D eigenvalue weighted by atomic mass is 10.0. The second kappa shape index (κ2) is 3.75. The van der Waals surface area contributed by atoms with Crippen LogP contribution in [-0.2, 0) is 6.42 Å². The van der Waals surface area contributed by atoms with Crippen molar-refractivity contribution in [2.75, 3.05) is 0 Å². The summed E-state index contributed by atoms with van der Waals surface area (Å²) in [7, 11) is 0. The minimum absolute atomic E-state index is 0.352. The SMILES string of the molecule is Cc1occc1-c1noc(CC(C)(C)N)n1. The van der Waals surface area contributed by atoms with Gasteiger partial charge in [-0.25, -0.2) is 0 Å². The van der Waals surface area contributed by atoms with Crippen LogP contribution < -0.4 is 5.73 Å². The number of rotatable bonds is 3. The zero-order valence-electron chi connectivity index (χ0n) is 9.65. The molecule has 0 saturated carbocycles. The van der Waals surface area contributed by atoms with E-state index < -0.39 is 0 Å². The normalized spacial score (nSPS) is 12.0. The molecule has 5 heteroatoms. The first-order valence-electron chi connectivity index (χ1n) is 5.12. The van der Waals surface area contributed by atoms with Gasteiger partial charge in [-0.1, -0.05) is 5.16 Å². The van der Waals surface area contributed by atoms with E-state index in [9.17, 15) is 0 Å². The average molecular weight is 221 g/mol. The maximum atomic E-state index is 5.88. The lowest BCUT2D eigenvalue weighted by Crippen LogP contribution is -2.34. The second-order valence-electron chi connectivity index (χ2n) is 4.57. The first-order valence-corrected chi connectivity index (χ1v) is 5.12. The Morgan fingerprint density at radius 3 is 2.75 bits per heavy atom. The monoisotopic (exact) mass is 221 g/mol. The van der Waals surface area contributed by atoms with Gasteiger partial charge in [0.15, 0.2) is 0 Å². The van der Waals surface area contributed by atoms with Crippen LogP contribution in [0.25, 0.3) is 11.4 Å². The van der Waals surface area contributed by atoms with E-state index in [-0.39, 0.29) is 5.54 Å². The van der Waals surface area contributed by atoms with Gasteiger partial charge in [0.2, 0.25) is 11.7 Å². The quantitative estimate of drug-likeness (QED) is 0.856. The maximum absolute atomic E-state index is 5.88. The molecule has 86 valence electrons. The van der Waals surface area contributed by atoms with Gasteiger partial charge in [-0.15, -0.1) is 0 Å². The number of nitrogens with zero attached hydrogens (tertiary/aromatic N) is 2. The van der Waals surface area contributed by atoms with Crippen molar-refractivity contribution in [1.82, 2.24) is 10.1 Å². The van der Waals surface area contributed by atoms with Crippen LogP contribution in [0.3, 0.4) is 0 Å². The molecule has 0 saturated heterocycles. The Morgan fingerprint density at radius 1 is 1.44 bits per heavy atom. The number of aromatic nitrogens is 2. The number of aryl methyl sites for hydroxylation is 1. The van der Waals surface area contributed by atoms with E-state index in [4.69, 9.17) is 14.7 Å². The van der Waals surface area contributed by atoms with Gasteiger partial charge >= 0.3 is 0 Å². The molecule has 2 aromatic heterocycles. The summed E-state index contributed by atoms with van der Waals surface area (Å²) in [5.74, 6) is 1.87. The molecule has 2 aromatic rings. The van der Waals surface area contributed by atoms with Crippen molar-refractivity contribution in [3.05, 3.63) is 24.0 Å². The molecule has 0 spiro atoms. The lowest BCUT2D eigenvalue weighted by Gasteiger charge is -2.14. The van der Waals surface area contributed by atoms with Crippen LogP contribution in [0.15, 0.2) is 21.3 Å². The molecular weight excluding hydrogens is 206 g/mol. The Balaban J connectivity index is 2.24. The molecule has 0 aromatic carbocycles. The Morgan fingerprint density at radius 2 is 2.19 bits per heavy atom. The first-order chi connectivity index (χ1) is 7.46. The summed E-state index contributed by atoms with van der Waals surface area (Å²) in [4.78, 5) is 4.28. The molecule has 2 rings (SSSR count). The van der Waals surface area contributed by atoms with Crippen molar-refractivity contribution < 1.29 is 8.94 Å². The molecule has 2 N–H and O–H groups in total. The predicted molar refractivity (Wildman–Crippen MR) is 58.7 cm³/mol. The lowest BCUT2D eigenvalue weighted by molar-refractivity contribution is 0.348. The number of hydrogen-bond donors (Lipinski definition) is 1. The van der Waals surface area contributed by atoms with Crippen molar-refractivity contribution in [2.24, 2.45) is 5.73 Å². The maximum Gasteiger partial charge on any atom is 0.228 e. The summed E-state index contributed by atoms with van der Waals surface area (Å²) >= 11 is 0. The van der Waals surface area contributed by atoms with Gasteiger partial charge in [0.25, 0.3) is 0 Å². The summed E-state index contributed by atoms with van der Waals surface area (Å²) in [6.45, 7) is 5.69. The third kappa shape index (κ3) is 2.30. The van der Waals surface area contributed by atoms with Gasteiger partial charge in [0, 0.05) is 12.0 Å². The van der Waals surface area contributed by atoms with Crippen molar-refractivity contribution in [3.8, 4) is 11.4 Å². The number of furan rings is 1. The van der Waals surface area contributed by atoms with Crippen molar-refractivity contribution in [1.29, 1.82) is 0 Å². The van der Waals surface area contributed by atoms with Crippen LogP contribution in [0.2, 0.25) is 0 Å². The second-order valence-corrected chi connectivity index (χ2v) is 4.57. The highest BCUT2D eigenvalue weighted by Crippen LogP contribution is 2.21. The Bertz CT molecular complexity index is 479. The van der Waals surface area contributed by atoms with E-state index in [0.717, 1.165) is 11.3 Å². The van der Waals surface area contributed by atoms with Gasteiger partial charge in [-0.3, -0.25) is 0 Å². The van der Waals surface area contributed by atoms with Crippen LogP contribution in [0, 0.1) is 6.92 Å². The molecule has 0 radical (unpaired) electrons. The largest absolute Gasteiger partial charge is 0.469 e. The minimum atomic E-state index is -0.352. The van der Waals surface area contributed by atoms with Crippen molar-refractivity contribution >= 4 is 0 Å². The summed E-state index contributed by atoms with van der Waals surface area (Å²) in [6, 6.07) is 1.82. The molecule has 0 bridgehead atoms. The fraction of sp³-hybridized carbons (Fsp3) is 0.455. The van der Waals surface area contributed by atoms with E-state index in [1.807, 2.05) is 26.8 Å². The van der Waals surface area contributed by atoms with Crippen LogP contribution in [0.5, 0.6) is 0 Å². The molecule has 16 heavy (non-hydrogen) atoms. The minimum Gasteiger partial charge on any atom is -0.469 e. The molecule has 0 aliphatic carbocycles. The molecule has 0 atom stereocenters. The van der Waals surface area contributed by atoms with Gasteiger partial charge in [0.1, 0.15) is 5.76 Å². The van der Waals surface area contributed by atoms with Crippen LogP contribution in [0.1, 0.15) is 25.5 Å².